The molecule has 1 aromatic rings. The van der Waals surface area contributed by atoms with Gasteiger partial charge < -0.3 is 14.6 Å². The fourth-order valence-corrected chi connectivity index (χ4v) is 2.81. The number of rotatable bonds is 3. The lowest BCUT2D eigenvalue weighted by Crippen LogP contribution is -2.31. The van der Waals surface area contributed by atoms with E-state index < -0.39 is 0 Å². The highest BCUT2D eigenvalue weighted by atomic mass is 16.5. The van der Waals surface area contributed by atoms with E-state index in [9.17, 15) is 9.59 Å². The first-order chi connectivity index (χ1) is 9.70. The van der Waals surface area contributed by atoms with Gasteiger partial charge in [-0.3, -0.25) is 9.59 Å². The van der Waals surface area contributed by atoms with E-state index in [0.29, 0.717) is 23.9 Å². The Kier molecular flexibility index (Phi) is 3.51. The lowest BCUT2D eigenvalue weighted by atomic mass is 10.1. The van der Waals surface area contributed by atoms with Gasteiger partial charge in [0.2, 0.25) is 0 Å². The number of nitrogens with zero attached hydrogens (tertiary/aromatic N) is 1. The first-order valence-electron chi connectivity index (χ1n) is 7.32. The van der Waals surface area contributed by atoms with Gasteiger partial charge in [-0.05, 0) is 32.1 Å². The van der Waals surface area contributed by atoms with E-state index in [1.165, 1.54) is 13.2 Å². The first kappa shape index (κ1) is 13.2. The summed E-state index contributed by atoms with van der Waals surface area (Å²) in [5, 5.41) is 3.00. The Hall–Kier alpha value is -1.78. The molecular weight excluding hydrogens is 256 g/mol. The topological polar surface area (TPSA) is 60.3 Å². The van der Waals surface area contributed by atoms with E-state index in [1.54, 1.807) is 4.57 Å². The van der Waals surface area contributed by atoms with Crippen LogP contribution in [-0.4, -0.2) is 23.6 Å². The molecule has 0 unspecified atom stereocenters. The molecule has 20 heavy (non-hydrogen) atoms. The van der Waals surface area contributed by atoms with Crippen molar-refractivity contribution in [3.8, 4) is 5.75 Å². The number of hydrogen-bond donors (Lipinski definition) is 1. The maximum atomic E-state index is 12.5. The van der Waals surface area contributed by atoms with E-state index >= 15 is 0 Å². The molecule has 0 aromatic carbocycles. The number of ether oxygens (including phenoxy) is 1. The van der Waals surface area contributed by atoms with Crippen LogP contribution in [-0.2, 0) is 13.0 Å². The summed E-state index contributed by atoms with van der Waals surface area (Å²) in [6.45, 7) is 0.696. The van der Waals surface area contributed by atoms with E-state index in [2.05, 4.69) is 5.32 Å². The summed E-state index contributed by atoms with van der Waals surface area (Å²) < 4.78 is 7.03. The van der Waals surface area contributed by atoms with E-state index in [-0.39, 0.29) is 11.5 Å². The molecule has 1 aliphatic heterocycles. The maximum Gasteiger partial charge on any atom is 0.257 e. The Labute approximate surface area is 117 Å². The van der Waals surface area contributed by atoms with Gasteiger partial charge in [-0.25, -0.2) is 0 Å². The molecule has 1 fully saturated rings. The summed E-state index contributed by atoms with van der Waals surface area (Å²) in [6, 6.07) is 1.74. The molecule has 2 aliphatic rings. The minimum Gasteiger partial charge on any atom is -0.496 e. The van der Waals surface area contributed by atoms with Crippen LogP contribution in [0, 0.1) is 0 Å². The van der Waals surface area contributed by atoms with Crippen LogP contribution in [0.1, 0.15) is 48.2 Å². The molecule has 1 amide bonds. The summed E-state index contributed by atoms with van der Waals surface area (Å²) in [5.74, 6) is 0.302. The lowest BCUT2D eigenvalue weighted by Gasteiger charge is -2.17. The molecule has 0 radical (unpaired) electrons. The molecule has 1 saturated carbocycles. The normalized spacial score (nSPS) is 18.1. The van der Waals surface area contributed by atoms with Crippen molar-refractivity contribution >= 4 is 5.91 Å². The van der Waals surface area contributed by atoms with E-state index in [1.807, 2.05) is 0 Å². The molecule has 108 valence electrons. The second-order valence-corrected chi connectivity index (χ2v) is 5.58. The Morgan fingerprint density at radius 3 is 2.85 bits per heavy atom. The Morgan fingerprint density at radius 2 is 2.15 bits per heavy atom. The minimum absolute atomic E-state index is 0.0679. The van der Waals surface area contributed by atoms with Crippen LogP contribution in [0.25, 0.3) is 0 Å². The zero-order valence-electron chi connectivity index (χ0n) is 11.8. The molecule has 0 atom stereocenters. The molecule has 2 heterocycles. The number of carbonyl (C=O) groups is 1. The van der Waals surface area contributed by atoms with Crippen LogP contribution >= 0.6 is 0 Å². The molecule has 1 aromatic heterocycles. The third kappa shape index (κ3) is 2.44. The van der Waals surface area contributed by atoms with Crippen molar-refractivity contribution in [1.29, 1.82) is 0 Å². The molecule has 0 spiro atoms. The standard InChI is InChI=1S/C15H20N2O3/c1-20-12-9-13(18)17-8-4-2-3-5-11(17)14(12)15(19)16-10-6-7-10/h9-10H,2-8H2,1H3,(H,16,19). The summed E-state index contributed by atoms with van der Waals surface area (Å²) in [7, 11) is 1.51. The fourth-order valence-electron chi connectivity index (χ4n) is 2.81. The van der Waals surface area contributed by atoms with Gasteiger partial charge in [0.1, 0.15) is 11.3 Å². The van der Waals surface area contributed by atoms with Gasteiger partial charge in [-0.2, -0.15) is 0 Å². The average Bonchev–Trinajstić information content (AvgIpc) is 3.24. The highest BCUT2D eigenvalue weighted by molar-refractivity contribution is 5.98. The van der Waals surface area contributed by atoms with Gasteiger partial charge >= 0.3 is 0 Å². The first-order valence-corrected chi connectivity index (χ1v) is 7.32. The number of amides is 1. The zero-order chi connectivity index (χ0) is 14.1. The quantitative estimate of drug-likeness (QED) is 0.909. The molecular formula is C15H20N2O3. The molecule has 1 N–H and O–H groups in total. The van der Waals surface area contributed by atoms with Crippen molar-refractivity contribution in [3.63, 3.8) is 0 Å². The fraction of sp³-hybridized carbons (Fsp3) is 0.600. The second-order valence-electron chi connectivity index (χ2n) is 5.58. The van der Waals surface area contributed by atoms with Gasteiger partial charge in [0.05, 0.1) is 7.11 Å². The molecule has 5 heteroatoms. The minimum atomic E-state index is -0.102. The van der Waals surface area contributed by atoms with Gasteiger partial charge in [0.15, 0.2) is 0 Å². The number of nitrogens with one attached hydrogen (secondary N) is 1. The van der Waals surface area contributed by atoms with Crippen molar-refractivity contribution in [3.05, 3.63) is 27.7 Å². The Balaban J connectivity index is 2.08. The molecule has 5 nitrogen and oxygen atoms in total. The molecule has 3 rings (SSSR count). The van der Waals surface area contributed by atoms with Crippen molar-refractivity contribution in [2.24, 2.45) is 0 Å². The highest BCUT2D eigenvalue weighted by Crippen LogP contribution is 2.26. The third-order valence-corrected chi connectivity index (χ3v) is 4.04. The maximum absolute atomic E-state index is 12.5. The number of aromatic nitrogens is 1. The van der Waals surface area contributed by atoms with Gasteiger partial charge in [-0.1, -0.05) is 6.42 Å². The van der Waals surface area contributed by atoms with Crippen LogP contribution in [0.15, 0.2) is 10.9 Å². The molecule has 0 saturated heterocycles. The van der Waals surface area contributed by atoms with Crippen molar-refractivity contribution in [2.75, 3.05) is 7.11 Å². The largest absolute Gasteiger partial charge is 0.496 e. The predicted octanol–water partition coefficient (Wildman–Crippen LogP) is 1.48. The van der Waals surface area contributed by atoms with Crippen LogP contribution in [0.5, 0.6) is 5.75 Å². The average molecular weight is 276 g/mol. The number of pyridine rings is 1. The monoisotopic (exact) mass is 276 g/mol. The summed E-state index contributed by atoms with van der Waals surface area (Å²) in [4.78, 5) is 24.6. The number of carbonyl (C=O) groups excluding carboxylic acids is 1. The Bertz CT molecular complexity index is 588. The molecule has 0 bridgehead atoms. The lowest BCUT2D eigenvalue weighted by molar-refractivity contribution is 0.0946. The predicted molar refractivity (Wildman–Crippen MR) is 75.3 cm³/mol. The SMILES string of the molecule is COc1cc(=O)n2c(c1C(=O)NC1CC1)CCCCC2. The van der Waals surface area contributed by atoms with Crippen LogP contribution < -0.4 is 15.6 Å². The van der Waals surface area contributed by atoms with Gasteiger partial charge in [0, 0.05) is 24.3 Å². The van der Waals surface area contributed by atoms with Gasteiger partial charge in [0.25, 0.3) is 11.5 Å². The Morgan fingerprint density at radius 1 is 1.35 bits per heavy atom. The van der Waals surface area contributed by atoms with Crippen molar-refractivity contribution in [2.45, 2.75) is 51.1 Å². The molecule has 1 aliphatic carbocycles. The van der Waals surface area contributed by atoms with E-state index in [0.717, 1.165) is 44.2 Å². The van der Waals surface area contributed by atoms with Crippen LogP contribution in [0.2, 0.25) is 0 Å². The third-order valence-electron chi connectivity index (χ3n) is 4.04. The highest BCUT2D eigenvalue weighted by Gasteiger charge is 2.28. The van der Waals surface area contributed by atoms with Crippen molar-refractivity contribution < 1.29 is 9.53 Å². The summed E-state index contributed by atoms with van der Waals surface area (Å²) >= 11 is 0. The number of hydrogen-bond acceptors (Lipinski definition) is 3. The summed E-state index contributed by atoms with van der Waals surface area (Å²) in [5.41, 5.74) is 1.33. The van der Waals surface area contributed by atoms with E-state index in [4.69, 9.17) is 4.74 Å². The number of methoxy groups -OCH3 is 1. The smallest absolute Gasteiger partial charge is 0.257 e. The zero-order valence-corrected chi connectivity index (χ0v) is 11.8. The number of fused-ring (bicyclic) bond motifs is 1. The van der Waals surface area contributed by atoms with Gasteiger partial charge in [-0.15, -0.1) is 0 Å². The second kappa shape index (κ2) is 5.31. The summed E-state index contributed by atoms with van der Waals surface area (Å²) in [6.07, 6.45) is 5.94. The van der Waals surface area contributed by atoms with Crippen LogP contribution in [0.3, 0.4) is 0 Å². The van der Waals surface area contributed by atoms with Crippen LogP contribution in [0.4, 0.5) is 0 Å². The van der Waals surface area contributed by atoms with Crippen molar-refractivity contribution in [1.82, 2.24) is 9.88 Å².